The molecule has 2 fully saturated rings. The number of nitro groups is 1. The molecule has 0 saturated carbocycles. The zero-order valence-corrected chi connectivity index (χ0v) is 12.6. The second-order valence-corrected chi connectivity index (χ2v) is 6.00. The van der Waals surface area contributed by atoms with Crippen LogP contribution in [0.3, 0.4) is 0 Å². The van der Waals surface area contributed by atoms with Crippen molar-refractivity contribution in [2.45, 2.75) is 12.5 Å². The summed E-state index contributed by atoms with van der Waals surface area (Å²) >= 11 is 0. The third kappa shape index (κ3) is 2.51. The Labute approximate surface area is 132 Å². The monoisotopic (exact) mass is 318 g/mol. The van der Waals surface area contributed by atoms with Crippen LogP contribution in [0.4, 0.5) is 11.4 Å². The zero-order valence-electron chi connectivity index (χ0n) is 12.6. The molecule has 0 aliphatic carbocycles. The molecule has 122 valence electrons. The number of hydrogen-bond donors (Lipinski definition) is 1. The van der Waals surface area contributed by atoms with Crippen LogP contribution in [0.5, 0.6) is 0 Å². The maximum atomic E-state index is 11.1. The van der Waals surface area contributed by atoms with Crippen LogP contribution in [-0.2, 0) is 0 Å². The van der Waals surface area contributed by atoms with Gasteiger partial charge in [0.15, 0.2) is 5.52 Å². The number of non-ortho nitro benzene ring substituents is 1. The predicted octanol–water partition coefficient (Wildman–Crippen LogP) is 0.615. The topological polar surface area (TPSA) is 101 Å². The lowest BCUT2D eigenvalue weighted by Crippen LogP contribution is -2.49. The van der Waals surface area contributed by atoms with Crippen molar-refractivity contribution < 1.29 is 9.55 Å². The van der Waals surface area contributed by atoms with Crippen molar-refractivity contribution in [1.29, 1.82) is 0 Å². The first kappa shape index (κ1) is 14.3. The SMILES string of the molecule is O=[N+]([O-])c1ccc(N2CCC(N3CCNCC3)C2)c2nonc12. The number of aromatic nitrogens is 2. The Hall–Kier alpha value is -2.26. The molecule has 0 radical (unpaired) electrons. The third-order valence-corrected chi connectivity index (χ3v) is 4.74. The Morgan fingerprint density at radius 1 is 1.22 bits per heavy atom. The highest BCUT2D eigenvalue weighted by Gasteiger charge is 2.31. The fraction of sp³-hybridized carbons (Fsp3) is 0.571. The Morgan fingerprint density at radius 2 is 2.00 bits per heavy atom. The van der Waals surface area contributed by atoms with E-state index in [1.807, 2.05) is 0 Å². The first-order chi connectivity index (χ1) is 11.2. The molecule has 0 spiro atoms. The first-order valence-corrected chi connectivity index (χ1v) is 7.83. The van der Waals surface area contributed by atoms with Crippen molar-refractivity contribution in [2.24, 2.45) is 0 Å². The maximum Gasteiger partial charge on any atom is 0.300 e. The van der Waals surface area contributed by atoms with E-state index in [9.17, 15) is 10.1 Å². The van der Waals surface area contributed by atoms with Gasteiger partial charge in [0, 0.05) is 51.4 Å². The Kier molecular flexibility index (Phi) is 3.58. The highest BCUT2D eigenvalue weighted by atomic mass is 16.6. The Morgan fingerprint density at radius 3 is 2.78 bits per heavy atom. The number of benzene rings is 1. The van der Waals surface area contributed by atoms with E-state index in [-0.39, 0.29) is 11.2 Å². The molecule has 2 aromatic rings. The van der Waals surface area contributed by atoms with Crippen LogP contribution < -0.4 is 10.2 Å². The van der Waals surface area contributed by atoms with Gasteiger partial charge in [-0.2, -0.15) is 0 Å². The summed E-state index contributed by atoms with van der Waals surface area (Å²) < 4.78 is 4.75. The molecule has 1 aromatic carbocycles. The van der Waals surface area contributed by atoms with Gasteiger partial charge in [0.1, 0.15) is 0 Å². The van der Waals surface area contributed by atoms with Crippen molar-refractivity contribution >= 4 is 22.4 Å². The minimum absolute atomic E-state index is 0.0668. The summed E-state index contributed by atoms with van der Waals surface area (Å²) in [5.74, 6) is 0. The predicted molar refractivity (Wildman–Crippen MR) is 83.5 cm³/mol. The summed E-state index contributed by atoms with van der Waals surface area (Å²) in [6, 6.07) is 3.76. The van der Waals surface area contributed by atoms with Gasteiger partial charge in [-0.25, -0.2) is 4.63 Å². The molecule has 4 rings (SSSR count). The molecule has 0 amide bonds. The minimum Gasteiger partial charge on any atom is -0.368 e. The van der Waals surface area contributed by atoms with E-state index in [1.54, 1.807) is 6.07 Å². The van der Waals surface area contributed by atoms with Crippen molar-refractivity contribution in [2.75, 3.05) is 44.2 Å². The highest BCUT2D eigenvalue weighted by molar-refractivity contribution is 5.93. The molecule has 9 nitrogen and oxygen atoms in total. The molecule has 2 aliphatic heterocycles. The van der Waals surface area contributed by atoms with Gasteiger partial charge in [-0.15, -0.1) is 0 Å². The number of nitrogens with zero attached hydrogens (tertiary/aromatic N) is 5. The second-order valence-electron chi connectivity index (χ2n) is 6.00. The number of hydrogen-bond acceptors (Lipinski definition) is 8. The van der Waals surface area contributed by atoms with E-state index in [4.69, 9.17) is 4.63 Å². The number of piperazine rings is 1. The van der Waals surface area contributed by atoms with E-state index in [0.29, 0.717) is 11.6 Å². The lowest BCUT2D eigenvalue weighted by atomic mass is 10.2. The average molecular weight is 318 g/mol. The molecular weight excluding hydrogens is 300 g/mol. The van der Waals surface area contributed by atoms with Crippen LogP contribution in [0.2, 0.25) is 0 Å². The van der Waals surface area contributed by atoms with Gasteiger partial charge < -0.3 is 10.2 Å². The summed E-state index contributed by atoms with van der Waals surface area (Å²) in [5, 5.41) is 22.0. The summed E-state index contributed by atoms with van der Waals surface area (Å²) in [4.78, 5) is 15.4. The Bertz CT molecular complexity index is 726. The summed E-state index contributed by atoms with van der Waals surface area (Å²) in [6.45, 7) is 6.02. The van der Waals surface area contributed by atoms with E-state index in [1.165, 1.54) is 6.07 Å². The van der Waals surface area contributed by atoms with Gasteiger partial charge in [-0.05, 0) is 22.8 Å². The molecule has 1 unspecified atom stereocenters. The van der Waals surface area contributed by atoms with Crippen LogP contribution in [-0.4, -0.2) is 65.4 Å². The number of nitrogens with one attached hydrogen (secondary N) is 1. The van der Waals surface area contributed by atoms with Gasteiger partial charge in [-0.1, -0.05) is 0 Å². The standard InChI is InChI=1S/C14H18N6O3/c21-20(22)12-2-1-11(13-14(12)17-23-16-13)19-6-3-10(9-19)18-7-4-15-5-8-18/h1-2,10,15H,3-9H2. The zero-order chi connectivity index (χ0) is 15.8. The Balaban J connectivity index is 1.59. The average Bonchev–Trinajstić information content (AvgIpc) is 3.24. The van der Waals surface area contributed by atoms with Crippen molar-refractivity contribution in [1.82, 2.24) is 20.5 Å². The van der Waals surface area contributed by atoms with E-state index in [2.05, 4.69) is 25.4 Å². The molecular formula is C14H18N6O3. The van der Waals surface area contributed by atoms with Gasteiger partial charge in [0.05, 0.1) is 10.6 Å². The van der Waals surface area contributed by atoms with E-state index < -0.39 is 4.92 Å². The van der Waals surface area contributed by atoms with Gasteiger partial charge in [0.25, 0.3) is 0 Å². The molecule has 1 atom stereocenters. The van der Waals surface area contributed by atoms with Gasteiger partial charge in [-0.3, -0.25) is 15.0 Å². The molecule has 2 aliphatic rings. The number of anilines is 1. The minimum atomic E-state index is -0.455. The molecule has 3 heterocycles. The number of fused-ring (bicyclic) bond motifs is 1. The summed E-state index contributed by atoms with van der Waals surface area (Å²) in [6.07, 6.45) is 1.09. The lowest BCUT2D eigenvalue weighted by molar-refractivity contribution is -0.383. The van der Waals surface area contributed by atoms with Gasteiger partial charge in [0.2, 0.25) is 5.52 Å². The van der Waals surface area contributed by atoms with Crippen molar-refractivity contribution in [3.63, 3.8) is 0 Å². The lowest BCUT2D eigenvalue weighted by Gasteiger charge is -2.32. The first-order valence-electron chi connectivity index (χ1n) is 7.83. The molecule has 1 aromatic heterocycles. The molecule has 2 saturated heterocycles. The van der Waals surface area contributed by atoms with E-state index >= 15 is 0 Å². The third-order valence-electron chi connectivity index (χ3n) is 4.74. The second kappa shape index (κ2) is 5.74. The smallest absolute Gasteiger partial charge is 0.300 e. The van der Waals surface area contributed by atoms with Crippen LogP contribution in [0.1, 0.15) is 6.42 Å². The summed E-state index contributed by atoms with van der Waals surface area (Å²) in [5.41, 5.74) is 1.49. The van der Waals surface area contributed by atoms with Crippen LogP contribution >= 0.6 is 0 Å². The largest absolute Gasteiger partial charge is 0.368 e. The normalized spacial score (nSPS) is 22.8. The molecule has 23 heavy (non-hydrogen) atoms. The highest BCUT2D eigenvalue weighted by Crippen LogP contribution is 2.33. The van der Waals surface area contributed by atoms with Gasteiger partial charge >= 0.3 is 5.69 Å². The fourth-order valence-corrected chi connectivity index (χ4v) is 3.55. The van der Waals surface area contributed by atoms with Crippen LogP contribution in [0, 0.1) is 10.1 Å². The van der Waals surface area contributed by atoms with Crippen molar-refractivity contribution in [3.05, 3.63) is 22.2 Å². The fourth-order valence-electron chi connectivity index (χ4n) is 3.55. The molecule has 0 bridgehead atoms. The molecule has 9 heteroatoms. The van der Waals surface area contributed by atoms with Crippen LogP contribution in [0.15, 0.2) is 16.8 Å². The molecule has 1 N–H and O–H groups in total. The number of nitro benzene ring substituents is 1. The number of rotatable bonds is 3. The maximum absolute atomic E-state index is 11.1. The van der Waals surface area contributed by atoms with Crippen molar-refractivity contribution in [3.8, 4) is 0 Å². The van der Waals surface area contributed by atoms with E-state index in [0.717, 1.165) is 51.4 Å². The quantitative estimate of drug-likeness (QED) is 0.649. The van der Waals surface area contributed by atoms with Crippen LogP contribution in [0.25, 0.3) is 11.0 Å². The summed E-state index contributed by atoms with van der Waals surface area (Å²) in [7, 11) is 0.